The van der Waals surface area contributed by atoms with Crippen molar-refractivity contribution in [1.29, 1.82) is 0 Å². The SMILES string of the molecule is Cc1noc(C)c1C(C)NC1CCCc2c1cnn2C. The molecular formula is C15H22N4O. The predicted molar refractivity (Wildman–Crippen MR) is 76.4 cm³/mol. The van der Waals surface area contributed by atoms with Crippen LogP contribution in [0.2, 0.25) is 0 Å². The van der Waals surface area contributed by atoms with Crippen molar-refractivity contribution in [2.75, 3.05) is 0 Å². The lowest BCUT2D eigenvalue weighted by Crippen LogP contribution is -2.28. The Morgan fingerprint density at radius 3 is 2.95 bits per heavy atom. The Hall–Kier alpha value is -1.62. The number of aryl methyl sites for hydroxylation is 3. The molecule has 1 N–H and O–H groups in total. The number of aromatic nitrogens is 3. The van der Waals surface area contributed by atoms with Crippen LogP contribution in [0.25, 0.3) is 0 Å². The number of fused-ring (bicyclic) bond motifs is 1. The van der Waals surface area contributed by atoms with Crippen molar-refractivity contribution < 1.29 is 4.52 Å². The minimum atomic E-state index is 0.234. The van der Waals surface area contributed by atoms with Crippen LogP contribution in [0.1, 0.15) is 60.1 Å². The summed E-state index contributed by atoms with van der Waals surface area (Å²) in [5.41, 5.74) is 4.86. The molecule has 1 aliphatic rings. The van der Waals surface area contributed by atoms with Crippen molar-refractivity contribution in [3.05, 3.63) is 34.5 Å². The standard InChI is InChI=1S/C15H22N4O/c1-9(15-10(2)18-20-11(15)3)17-13-6-5-7-14-12(13)8-16-19(14)4/h8-9,13,17H,5-7H2,1-4H3. The first-order valence-corrected chi connectivity index (χ1v) is 7.27. The van der Waals surface area contributed by atoms with Gasteiger partial charge in [-0.2, -0.15) is 5.10 Å². The summed E-state index contributed by atoms with van der Waals surface area (Å²) in [6, 6.07) is 0.605. The highest BCUT2D eigenvalue weighted by Crippen LogP contribution is 2.32. The Kier molecular flexibility index (Phi) is 3.38. The molecule has 0 saturated heterocycles. The summed E-state index contributed by atoms with van der Waals surface area (Å²) < 4.78 is 7.28. The summed E-state index contributed by atoms with van der Waals surface area (Å²) in [6.07, 6.45) is 5.50. The zero-order valence-corrected chi connectivity index (χ0v) is 12.6. The van der Waals surface area contributed by atoms with Gasteiger partial charge in [-0.3, -0.25) is 4.68 Å². The van der Waals surface area contributed by atoms with Crippen LogP contribution in [0, 0.1) is 13.8 Å². The number of hydrogen-bond acceptors (Lipinski definition) is 4. The topological polar surface area (TPSA) is 55.9 Å². The molecule has 2 unspecified atom stereocenters. The lowest BCUT2D eigenvalue weighted by atomic mass is 9.91. The first-order valence-electron chi connectivity index (χ1n) is 7.27. The molecule has 2 heterocycles. The van der Waals surface area contributed by atoms with E-state index in [1.165, 1.54) is 23.2 Å². The van der Waals surface area contributed by atoms with E-state index >= 15 is 0 Å². The van der Waals surface area contributed by atoms with Crippen molar-refractivity contribution in [3.8, 4) is 0 Å². The van der Waals surface area contributed by atoms with E-state index in [1.54, 1.807) is 0 Å². The zero-order valence-electron chi connectivity index (χ0n) is 12.6. The highest BCUT2D eigenvalue weighted by Gasteiger charge is 2.26. The second-order valence-corrected chi connectivity index (χ2v) is 5.74. The zero-order chi connectivity index (χ0) is 14.3. The number of nitrogens with one attached hydrogen (secondary N) is 1. The van der Waals surface area contributed by atoms with Gasteiger partial charge in [-0.25, -0.2) is 0 Å². The Balaban J connectivity index is 1.82. The van der Waals surface area contributed by atoms with Gasteiger partial charge in [0, 0.05) is 36.0 Å². The Morgan fingerprint density at radius 1 is 1.45 bits per heavy atom. The van der Waals surface area contributed by atoms with E-state index in [0.717, 1.165) is 24.3 Å². The molecule has 108 valence electrons. The third-order valence-electron chi connectivity index (χ3n) is 4.35. The van der Waals surface area contributed by atoms with E-state index in [4.69, 9.17) is 4.52 Å². The van der Waals surface area contributed by atoms with E-state index in [1.807, 2.05) is 31.8 Å². The maximum Gasteiger partial charge on any atom is 0.138 e. The molecule has 2 atom stereocenters. The molecular weight excluding hydrogens is 252 g/mol. The molecule has 0 aliphatic heterocycles. The molecule has 2 aromatic rings. The van der Waals surface area contributed by atoms with Gasteiger partial charge < -0.3 is 9.84 Å². The normalized spacial score (nSPS) is 19.9. The molecule has 0 amide bonds. The molecule has 0 aromatic carbocycles. The van der Waals surface area contributed by atoms with Crippen LogP contribution in [-0.4, -0.2) is 14.9 Å². The first kappa shape index (κ1) is 13.4. The minimum absolute atomic E-state index is 0.234. The molecule has 0 radical (unpaired) electrons. The molecule has 0 fully saturated rings. The first-order chi connectivity index (χ1) is 9.58. The van der Waals surface area contributed by atoms with Crippen LogP contribution in [-0.2, 0) is 13.5 Å². The molecule has 5 nitrogen and oxygen atoms in total. The van der Waals surface area contributed by atoms with Crippen LogP contribution in [0.15, 0.2) is 10.7 Å². The van der Waals surface area contributed by atoms with E-state index < -0.39 is 0 Å². The van der Waals surface area contributed by atoms with Gasteiger partial charge in [0.1, 0.15) is 5.76 Å². The quantitative estimate of drug-likeness (QED) is 0.935. The lowest BCUT2D eigenvalue weighted by Gasteiger charge is -2.27. The third-order valence-corrected chi connectivity index (χ3v) is 4.35. The molecule has 3 rings (SSSR count). The Morgan fingerprint density at radius 2 is 2.25 bits per heavy atom. The summed E-state index contributed by atoms with van der Waals surface area (Å²) in [7, 11) is 2.03. The van der Waals surface area contributed by atoms with Crippen LogP contribution < -0.4 is 5.32 Å². The van der Waals surface area contributed by atoms with Gasteiger partial charge in [0.2, 0.25) is 0 Å². The monoisotopic (exact) mass is 274 g/mol. The second kappa shape index (κ2) is 5.05. The van der Waals surface area contributed by atoms with E-state index in [0.29, 0.717) is 6.04 Å². The molecule has 0 bridgehead atoms. The van der Waals surface area contributed by atoms with Crippen molar-refractivity contribution in [1.82, 2.24) is 20.3 Å². The number of rotatable bonds is 3. The van der Waals surface area contributed by atoms with Gasteiger partial charge in [0.05, 0.1) is 11.9 Å². The van der Waals surface area contributed by atoms with Crippen LogP contribution in [0.4, 0.5) is 0 Å². The highest BCUT2D eigenvalue weighted by molar-refractivity contribution is 5.28. The molecule has 20 heavy (non-hydrogen) atoms. The molecule has 5 heteroatoms. The fourth-order valence-electron chi connectivity index (χ4n) is 3.37. The lowest BCUT2D eigenvalue weighted by molar-refractivity contribution is 0.384. The molecule has 2 aromatic heterocycles. The maximum atomic E-state index is 5.27. The average Bonchev–Trinajstić information content (AvgIpc) is 2.95. The predicted octanol–water partition coefficient (Wildman–Crippen LogP) is 2.75. The van der Waals surface area contributed by atoms with Gasteiger partial charge in [0.25, 0.3) is 0 Å². The van der Waals surface area contributed by atoms with Gasteiger partial charge in [-0.05, 0) is 40.0 Å². The molecule has 0 spiro atoms. The summed E-state index contributed by atoms with van der Waals surface area (Å²) in [5.74, 6) is 0.907. The van der Waals surface area contributed by atoms with E-state index in [2.05, 4.69) is 22.5 Å². The summed E-state index contributed by atoms with van der Waals surface area (Å²) in [5, 5.41) is 12.2. The summed E-state index contributed by atoms with van der Waals surface area (Å²) in [4.78, 5) is 0. The smallest absolute Gasteiger partial charge is 0.138 e. The van der Waals surface area contributed by atoms with Gasteiger partial charge >= 0.3 is 0 Å². The fraction of sp³-hybridized carbons (Fsp3) is 0.600. The van der Waals surface area contributed by atoms with Crippen LogP contribution in [0.5, 0.6) is 0 Å². The molecule has 0 saturated carbocycles. The second-order valence-electron chi connectivity index (χ2n) is 5.74. The van der Waals surface area contributed by atoms with E-state index in [-0.39, 0.29) is 6.04 Å². The summed E-state index contributed by atoms with van der Waals surface area (Å²) >= 11 is 0. The Bertz CT molecular complexity index is 594. The largest absolute Gasteiger partial charge is 0.361 e. The Labute approximate surface area is 119 Å². The highest BCUT2D eigenvalue weighted by atomic mass is 16.5. The van der Waals surface area contributed by atoms with Gasteiger partial charge in [0.15, 0.2) is 0 Å². The van der Waals surface area contributed by atoms with Crippen molar-refractivity contribution in [2.45, 2.75) is 52.1 Å². The van der Waals surface area contributed by atoms with Crippen LogP contribution in [0.3, 0.4) is 0 Å². The third kappa shape index (κ3) is 2.16. The number of hydrogen-bond donors (Lipinski definition) is 1. The van der Waals surface area contributed by atoms with Crippen LogP contribution >= 0.6 is 0 Å². The summed E-state index contributed by atoms with van der Waals surface area (Å²) in [6.45, 7) is 6.15. The van der Waals surface area contributed by atoms with Gasteiger partial charge in [-0.1, -0.05) is 5.16 Å². The van der Waals surface area contributed by atoms with E-state index in [9.17, 15) is 0 Å². The van der Waals surface area contributed by atoms with Crippen molar-refractivity contribution >= 4 is 0 Å². The van der Waals surface area contributed by atoms with Crippen molar-refractivity contribution in [3.63, 3.8) is 0 Å². The minimum Gasteiger partial charge on any atom is -0.361 e. The van der Waals surface area contributed by atoms with Gasteiger partial charge in [-0.15, -0.1) is 0 Å². The number of nitrogens with zero attached hydrogens (tertiary/aromatic N) is 3. The molecule has 1 aliphatic carbocycles. The van der Waals surface area contributed by atoms with Crippen molar-refractivity contribution in [2.24, 2.45) is 7.05 Å². The fourth-order valence-corrected chi connectivity index (χ4v) is 3.37. The maximum absolute atomic E-state index is 5.27. The average molecular weight is 274 g/mol.